The molecule has 0 aliphatic heterocycles. The standard InChI is InChI=1S/C35H31N3.Co/c1-3-26-16-11-13-22-30(26)37-34(28-18-7-5-8-19-28)32-24-15-25-33(36-32)35(29-20-9-6-10-21-29)38-31-23-14-12-17-27(31)4-2;/h5-25H,3-4H2,1-2H3;. The predicted molar refractivity (Wildman–Crippen MR) is 159 cm³/mol. The minimum absolute atomic E-state index is 0. The van der Waals surface area contributed by atoms with Gasteiger partial charge in [-0.15, -0.1) is 0 Å². The molecule has 5 rings (SSSR count). The van der Waals surface area contributed by atoms with E-state index in [0.29, 0.717) is 0 Å². The molecule has 4 heteroatoms. The molecular weight excluding hydrogens is 521 g/mol. The topological polar surface area (TPSA) is 37.6 Å². The molecule has 0 N–H and O–H groups in total. The van der Waals surface area contributed by atoms with Crippen molar-refractivity contribution in [2.45, 2.75) is 26.7 Å². The van der Waals surface area contributed by atoms with Gasteiger partial charge in [-0.2, -0.15) is 0 Å². The third kappa shape index (κ3) is 6.66. The maximum absolute atomic E-state index is 5.17. The van der Waals surface area contributed by atoms with Gasteiger partial charge in [0.1, 0.15) is 0 Å². The number of aliphatic imine (C=N–C) groups is 2. The molecule has 1 aromatic heterocycles. The number of benzene rings is 4. The first kappa shape index (κ1) is 27.9. The van der Waals surface area contributed by atoms with Crippen LogP contribution in [-0.2, 0) is 29.6 Å². The first-order valence-electron chi connectivity index (χ1n) is 13.2. The molecule has 0 atom stereocenters. The number of hydrogen-bond acceptors (Lipinski definition) is 3. The van der Waals surface area contributed by atoms with E-state index in [1.165, 1.54) is 11.1 Å². The number of aromatic nitrogens is 1. The maximum Gasteiger partial charge on any atom is 0.0966 e. The zero-order chi connectivity index (χ0) is 26.2. The van der Waals surface area contributed by atoms with Gasteiger partial charge in [0.05, 0.1) is 34.2 Å². The van der Waals surface area contributed by atoms with Gasteiger partial charge in [0, 0.05) is 27.9 Å². The fourth-order valence-corrected chi connectivity index (χ4v) is 4.51. The molecule has 0 spiro atoms. The molecule has 0 amide bonds. The number of para-hydroxylation sites is 2. The summed E-state index contributed by atoms with van der Waals surface area (Å²) in [7, 11) is 0. The summed E-state index contributed by atoms with van der Waals surface area (Å²) < 4.78 is 0. The van der Waals surface area contributed by atoms with Gasteiger partial charge in [-0.3, -0.25) is 0 Å². The molecule has 0 saturated carbocycles. The van der Waals surface area contributed by atoms with Crippen LogP contribution in [0.15, 0.2) is 137 Å². The van der Waals surface area contributed by atoms with Crippen LogP contribution >= 0.6 is 0 Å². The van der Waals surface area contributed by atoms with Crippen molar-refractivity contribution in [2.75, 3.05) is 0 Å². The largest absolute Gasteiger partial charge is 0.246 e. The number of pyridine rings is 1. The molecule has 5 aromatic rings. The quantitative estimate of drug-likeness (QED) is 0.178. The number of aryl methyl sites for hydroxylation is 2. The molecular formula is C35H31CoN3. The van der Waals surface area contributed by atoms with E-state index in [1.54, 1.807) is 0 Å². The summed E-state index contributed by atoms with van der Waals surface area (Å²) in [5.41, 5.74) is 9.71. The number of nitrogens with zero attached hydrogens (tertiary/aromatic N) is 3. The van der Waals surface area contributed by atoms with Crippen LogP contribution in [0.3, 0.4) is 0 Å². The Bertz CT molecular complexity index is 1460. The van der Waals surface area contributed by atoms with E-state index >= 15 is 0 Å². The Morgan fingerprint density at radius 1 is 0.487 bits per heavy atom. The van der Waals surface area contributed by atoms with Gasteiger partial charge in [0.2, 0.25) is 0 Å². The Kier molecular flexibility index (Phi) is 9.73. The van der Waals surface area contributed by atoms with Crippen LogP contribution in [0.5, 0.6) is 0 Å². The number of hydrogen-bond donors (Lipinski definition) is 0. The van der Waals surface area contributed by atoms with Crippen LogP contribution in [0.25, 0.3) is 0 Å². The first-order valence-corrected chi connectivity index (χ1v) is 13.2. The molecule has 0 saturated heterocycles. The smallest absolute Gasteiger partial charge is 0.0966 e. The van der Waals surface area contributed by atoms with Gasteiger partial charge in [-0.1, -0.05) is 117 Å². The average molecular weight is 553 g/mol. The van der Waals surface area contributed by atoms with Crippen molar-refractivity contribution in [1.82, 2.24) is 4.98 Å². The third-order valence-corrected chi connectivity index (χ3v) is 6.54. The summed E-state index contributed by atoms with van der Waals surface area (Å²) in [4.78, 5) is 15.5. The molecule has 195 valence electrons. The van der Waals surface area contributed by atoms with E-state index in [0.717, 1.165) is 58.2 Å². The fraction of sp³-hybridized carbons (Fsp3) is 0.114. The SMILES string of the molecule is CCc1ccccc1N=C(c1ccccc1)c1cccc(C(=Nc2ccccc2CC)c2ccccc2)n1.[Co]. The second kappa shape index (κ2) is 13.6. The van der Waals surface area contributed by atoms with Crippen molar-refractivity contribution in [3.63, 3.8) is 0 Å². The van der Waals surface area contributed by atoms with Crippen molar-refractivity contribution in [3.05, 3.63) is 161 Å². The minimum atomic E-state index is 0. The van der Waals surface area contributed by atoms with Gasteiger partial charge in [-0.05, 0) is 48.2 Å². The Labute approximate surface area is 241 Å². The van der Waals surface area contributed by atoms with Gasteiger partial charge in [0.25, 0.3) is 0 Å². The van der Waals surface area contributed by atoms with E-state index in [1.807, 2.05) is 66.7 Å². The summed E-state index contributed by atoms with van der Waals surface area (Å²) >= 11 is 0. The molecule has 1 heterocycles. The maximum atomic E-state index is 5.17. The van der Waals surface area contributed by atoms with Crippen LogP contribution in [0.2, 0.25) is 0 Å². The van der Waals surface area contributed by atoms with Crippen LogP contribution in [-0.4, -0.2) is 16.4 Å². The van der Waals surface area contributed by atoms with E-state index in [9.17, 15) is 0 Å². The van der Waals surface area contributed by atoms with Crippen molar-refractivity contribution < 1.29 is 16.8 Å². The van der Waals surface area contributed by atoms with Crippen molar-refractivity contribution in [2.24, 2.45) is 9.98 Å². The van der Waals surface area contributed by atoms with Crippen molar-refractivity contribution in [3.8, 4) is 0 Å². The van der Waals surface area contributed by atoms with E-state index < -0.39 is 0 Å². The van der Waals surface area contributed by atoms with Crippen molar-refractivity contribution in [1.29, 1.82) is 0 Å². The molecule has 0 aliphatic rings. The molecule has 3 nitrogen and oxygen atoms in total. The van der Waals surface area contributed by atoms with Crippen LogP contribution in [0.4, 0.5) is 11.4 Å². The van der Waals surface area contributed by atoms with Gasteiger partial charge < -0.3 is 0 Å². The molecule has 0 aliphatic carbocycles. The zero-order valence-electron chi connectivity index (χ0n) is 22.2. The zero-order valence-corrected chi connectivity index (χ0v) is 23.3. The molecule has 0 unspecified atom stereocenters. The molecule has 0 fully saturated rings. The second-order valence-electron chi connectivity index (χ2n) is 9.03. The molecule has 39 heavy (non-hydrogen) atoms. The normalized spacial score (nSPS) is 11.6. The first-order chi connectivity index (χ1) is 18.8. The summed E-state index contributed by atoms with van der Waals surface area (Å²) in [5, 5.41) is 0. The Balaban J connectivity index is 0.00000353. The Morgan fingerprint density at radius 2 is 0.872 bits per heavy atom. The number of rotatable bonds is 8. The van der Waals surface area contributed by atoms with E-state index in [4.69, 9.17) is 15.0 Å². The minimum Gasteiger partial charge on any atom is -0.246 e. The summed E-state index contributed by atoms with van der Waals surface area (Å²) in [5.74, 6) is 0. The van der Waals surface area contributed by atoms with Gasteiger partial charge in [-0.25, -0.2) is 15.0 Å². The summed E-state index contributed by atoms with van der Waals surface area (Å²) in [6, 6.07) is 43.3. The van der Waals surface area contributed by atoms with Crippen LogP contribution in [0.1, 0.15) is 47.5 Å². The Morgan fingerprint density at radius 3 is 1.28 bits per heavy atom. The molecule has 1 radical (unpaired) electrons. The van der Waals surface area contributed by atoms with Crippen molar-refractivity contribution >= 4 is 22.8 Å². The van der Waals surface area contributed by atoms with Crippen LogP contribution < -0.4 is 0 Å². The summed E-state index contributed by atoms with van der Waals surface area (Å²) in [6.07, 6.45) is 1.83. The van der Waals surface area contributed by atoms with Gasteiger partial charge >= 0.3 is 0 Å². The molecule has 4 aromatic carbocycles. The average Bonchev–Trinajstić information content (AvgIpc) is 3.00. The predicted octanol–water partition coefficient (Wildman–Crippen LogP) is 8.54. The van der Waals surface area contributed by atoms with E-state index in [2.05, 4.69) is 74.5 Å². The second-order valence-corrected chi connectivity index (χ2v) is 9.03. The monoisotopic (exact) mass is 552 g/mol. The fourth-order valence-electron chi connectivity index (χ4n) is 4.51. The summed E-state index contributed by atoms with van der Waals surface area (Å²) in [6.45, 7) is 4.32. The van der Waals surface area contributed by atoms with E-state index in [-0.39, 0.29) is 16.8 Å². The third-order valence-electron chi connectivity index (χ3n) is 6.54. The molecule has 0 bridgehead atoms. The van der Waals surface area contributed by atoms with Gasteiger partial charge in [0.15, 0.2) is 0 Å². The Hall–Kier alpha value is -4.12. The van der Waals surface area contributed by atoms with Crippen LogP contribution in [0, 0.1) is 0 Å².